The number of carbonyl (C=O) groups excluding carboxylic acids is 1. The van der Waals surface area contributed by atoms with Gasteiger partial charge in [0, 0.05) is 29.2 Å². The highest BCUT2D eigenvalue weighted by Crippen LogP contribution is 2.26. The Morgan fingerprint density at radius 3 is 2.52 bits per heavy atom. The van der Waals surface area contributed by atoms with Crippen LogP contribution in [-0.2, 0) is 11.3 Å². The quantitative estimate of drug-likeness (QED) is 0.351. The van der Waals surface area contributed by atoms with Crippen LogP contribution in [0.5, 0.6) is 5.75 Å². The van der Waals surface area contributed by atoms with Crippen molar-refractivity contribution >= 4 is 28.6 Å². The Labute approximate surface area is 180 Å². The minimum Gasteiger partial charge on any atom is -0.495 e. The van der Waals surface area contributed by atoms with Crippen molar-refractivity contribution in [1.82, 2.24) is 4.57 Å². The molecular formula is C26H21N3O2. The van der Waals surface area contributed by atoms with Gasteiger partial charge in [0.15, 0.2) is 0 Å². The first-order valence-corrected chi connectivity index (χ1v) is 9.87. The number of hydrogen-bond acceptors (Lipinski definition) is 3. The van der Waals surface area contributed by atoms with Gasteiger partial charge >= 0.3 is 0 Å². The summed E-state index contributed by atoms with van der Waals surface area (Å²) in [6, 6.07) is 27.3. The number of nitrogens with one attached hydrogen (secondary N) is 1. The number of fused-ring (bicyclic) bond motifs is 1. The molecule has 5 nitrogen and oxygen atoms in total. The lowest BCUT2D eigenvalue weighted by Gasteiger charge is -2.09. The molecule has 0 bridgehead atoms. The third-order valence-electron chi connectivity index (χ3n) is 5.04. The number of ether oxygens (including phenoxy) is 1. The number of nitrogens with zero attached hydrogens (tertiary/aromatic N) is 2. The van der Waals surface area contributed by atoms with Gasteiger partial charge < -0.3 is 14.6 Å². The van der Waals surface area contributed by atoms with Gasteiger partial charge in [-0.1, -0.05) is 60.7 Å². The lowest BCUT2D eigenvalue weighted by Crippen LogP contribution is -2.14. The average molecular weight is 407 g/mol. The van der Waals surface area contributed by atoms with Crippen molar-refractivity contribution < 1.29 is 9.53 Å². The molecule has 152 valence electrons. The van der Waals surface area contributed by atoms with Crippen LogP contribution in [0, 0.1) is 11.3 Å². The van der Waals surface area contributed by atoms with Crippen molar-refractivity contribution in [2.24, 2.45) is 0 Å². The Kier molecular flexibility index (Phi) is 5.82. The first-order valence-electron chi connectivity index (χ1n) is 9.87. The molecule has 0 saturated heterocycles. The Morgan fingerprint density at radius 1 is 1.03 bits per heavy atom. The summed E-state index contributed by atoms with van der Waals surface area (Å²) in [6.45, 7) is 0.699. The van der Waals surface area contributed by atoms with Crippen molar-refractivity contribution in [1.29, 1.82) is 5.26 Å². The van der Waals surface area contributed by atoms with E-state index < -0.39 is 5.91 Å². The Balaban J connectivity index is 1.68. The maximum atomic E-state index is 12.8. The van der Waals surface area contributed by atoms with E-state index in [0.29, 0.717) is 18.0 Å². The maximum Gasteiger partial charge on any atom is 0.266 e. The van der Waals surface area contributed by atoms with Crippen molar-refractivity contribution in [2.75, 3.05) is 12.4 Å². The van der Waals surface area contributed by atoms with Gasteiger partial charge in [0.25, 0.3) is 5.91 Å². The van der Waals surface area contributed by atoms with Crippen LogP contribution in [0.15, 0.2) is 90.6 Å². The van der Waals surface area contributed by atoms with Crippen molar-refractivity contribution in [3.8, 4) is 11.8 Å². The number of amides is 1. The number of nitriles is 1. The summed E-state index contributed by atoms with van der Waals surface area (Å²) < 4.78 is 7.40. The number of anilines is 1. The van der Waals surface area contributed by atoms with Crippen LogP contribution in [0.1, 0.15) is 11.1 Å². The third-order valence-corrected chi connectivity index (χ3v) is 5.04. The zero-order valence-electron chi connectivity index (χ0n) is 17.1. The van der Waals surface area contributed by atoms with E-state index in [2.05, 4.69) is 22.0 Å². The Morgan fingerprint density at radius 2 is 1.74 bits per heavy atom. The second-order valence-electron chi connectivity index (χ2n) is 7.04. The fraction of sp³-hybridized carbons (Fsp3) is 0.0769. The molecule has 0 spiro atoms. The minimum absolute atomic E-state index is 0.0218. The van der Waals surface area contributed by atoms with Gasteiger partial charge in [-0.05, 0) is 29.8 Å². The summed E-state index contributed by atoms with van der Waals surface area (Å²) in [4.78, 5) is 12.8. The van der Waals surface area contributed by atoms with Gasteiger partial charge in [-0.15, -0.1) is 0 Å². The monoisotopic (exact) mass is 407 g/mol. The highest BCUT2D eigenvalue weighted by Gasteiger charge is 2.14. The molecular weight excluding hydrogens is 386 g/mol. The van der Waals surface area contributed by atoms with Gasteiger partial charge in [0.1, 0.15) is 17.4 Å². The van der Waals surface area contributed by atoms with E-state index in [4.69, 9.17) is 4.74 Å². The molecule has 4 aromatic rings. The van der Waals surface area contributed by atoms with Crippen LogP contribution in [0.2, 0.25) is 0 Å². The van der Waals surface area contributed by atoms with Crippen molar-refractivity contribution in [3.63, 3.8) is 0 Å². The number of para-hydroxylation sites is 3. The molecule has 1 aromatic heterocycles. The molecule has 3 aromatic carbocycles. The van der Waals surface area contributed by atoms with Crippen molar-refractivity contribution in [3.05, 3.63) is 102 Å². The van der Waals surface area contributed by atoms with Crippen LogP contribution in [0.25, 0.3) is 17.0 Å². The highest BCUT2D eigenvalue weighted by atomic mass is 16.5. The number of carbonyl (C=O) groups is 1. The van der Waals surface area contributed by atoms with Crippen LogP contribution >= 0.6 is 0 Å². The summed E-state index contributed by atoms with van der Waals surface area (Å²) in [5.74, 6) is 0.0551. The van der Waals surface area contributed by atoms with E-state index in [0.717, 1.165) is 16.5 Å². The molecule has 5 heteroatoms. The summed E-state index contributed by atoms with van der Waals surface area (Å²) in [7, 11) is 1.54. The fourth-order valence-corrected chi connectivity index (χ4v) is 3.54. The normalized spacial score (nSPS) is 11.2. The first kappa shape index (κ1) is 20.0. The van der Waals surface area contributed by atoms with E-state index in [1.54, 1.807) is 24.3 Å². The van der Waals surface area contributed by atoms with E-state index in [9.17, 15) is 10.1 Å². The number of aromatic nitrogens is 1. The topological polar surface area (TPSA) is 67.0 Å². The smallest absolute Gasteiger partial charge is 0.266 e. The van der Waals surface area contributed by atoms with Gasteiger partial charge in [-0.25, -0.2) is 0 Å². The maximum absolute atomic E-state index is 12.8. The molecule has 0 fully saturated rings. The summed E-state index contributed by atoms with van der Waals surface area (Å²) >= 11 is 0. The number of rotatable bonds is 6. The summed E-state index contributed by atoms with van der Waals surface area (Å²) in [6.07, 6.45) is 3.61. The average Bonchev–Trinajstić information content (AvgIpc) is 3.15. The first-order chi connectivity index (χ1) is 15.2. The molecule has 31 heavy (non-hydrogen) atoms. The molecule has 0 radical (unpaired) electrons. The second kappa shape index (κ2) is 9.02. The zero-order valence-corrected chi connectivity index (χ0v) is 17.1. The number of benzene rings is 3. The lowest BCUT2D eigenvalue weighted by molar-refractivity contribution is -0.112. The van der Waals surface area contributed by atoms with Gasteiger partial charge in [-0.2, -0.15) is 5.26 Å². The molecule has 0 saturated carbocycles. The van der Waals surface area contributed by atoms with E-state index >= 15 is 0 Å². The lowest BCUT2D eigenvalue weighted by atomic mass is 10.1. The second-order valence-corrected chi connectivity index (χ2v) is 7.04. The molecule has 0 aliphatic carbocycles. The number of hydrogen-bond donors (Lipinski definition) is 1. The van der Waals surface area contributed by atoms with Crippen molar-refractivity contribution in [2.45, 2.75) is 6.54 Å². The predicted octanol–water partition coefficient (Wildman–Crippen LogP) is 5.24. The van der Waals surface area contributed by atoms with Gasteiger partial charge in [-0.3, -0.25) is 4.79 Å². The molecule has 0 aliphatic heterocycles. The Bertz CT molecular complexity index is 1300. The minimum atomic E-state index is -0.480. The SMILES string of the molecule is COc1ccccc1NC(=O)C(C#N)=Cc1cn(Cc2ccccc2)c2ccccc12. The standard InChI is InChI=1S/C26H21N3O2/c1-31-25-14-8-6-12-23(25)28-26(30)20(16-27)15-21-18-29(17-19-9-3-2-4-10-19)24-13-7-5-11-22(21)24/h2-15,18H,17H2,1H3,(H,28,30). The summed E-state index contributed by atoms with van der Waals surface area (Å²) in [5, 5.41) is 13.4. The molecule has 0 atom stereocenters. The van der Waals surface area contributed by atoms with E-state index in [-0.39, 0.29) is 5.57 Å². The summed E-state index contributed by atoms with van der Waals surface area (Å²) in [5.41, 5.74) is 3.57. The van der Waals surface area contributed by atoms with Crippen LogP contribution < -0.4 is 10.1 Å². The van der Waals surface area contributed by atoms with E-state index in [1.165, 1.54) is 12.7 Å². The van der Waals surface area contributed by atoms with Crippen LogP contribution in [-0.4, -0.2) is 17.6 Å². The van der Waals surface area contributed by atoms with Gasteiger partial charge in [0.05, 0.1) is 12.8 Å². The largest absolute Gasteiger partial charge is 0.495 e. The molecule has 1 N–H and O–H groups in total. The molecule has 0 unspecified atom stereocenters. The van der Waals surface area contributed by atoms with E-state index in [1.807, 2.05) is 60.8 Å². The highest BCUT2D eigenvalue weighted by molar-refractivity contribution is 6.11. The fourth-order valence-electron chi connectivity index (χ4n) is 3.54. The third kappa shape index (κ3) is 4.34. The molecule has 1 heterocycles. The number of methoxy groups -OCH3 is 1. The predicted molar refractivity (Wildman–Crippen MR) is 123 cm³/mol. The molecule has 1 amide bonds. The Hall–Kier alpha value is -4.30. The van der Waals surface area contributed by atoms with Gasteiger partial charge in [0.2, 0.25) is 0 Å². The molecule has 4 rings (SSSR count). The molecule has 0 aliphatic rings. The van der Waals surface area contributed by atoms with Crippen LogP contribution in [0.3, 0.4) is 0 Å². The zero-order chi connectivity index (χ0) is 21.6. The van der Waals surface area contributed by atoms with Crippen LogP contribution in [0.4, 0.5) is 5.69 Å².